The van der Waals surface area contributed by atoms with Crippen molar-refractivity contribution in [3.63, 3.8) is 0 Å². The Morgan fingerprint density at radius 2 is 2.09 bits per heavy atom. The van der Waals surface area contributed by atoms with Crippen LogP contribution in [0.3, 0.4) is 0 Å². The first kappa shape index (κ1) is 22.1. The highest BCUT2D eigenvalue weighted by molar-refractivity contribution is 5.96. The van der Waals surface area contributed by atoms with E-state index >= 15 is 0 Å². The maximum absolute atomic E-state index is 13.3. The molecule has 0 aromatic carbocycles. The molecule has 32 heavy (non-hydrogen) atoms. The molecular weight excluding hydrogens is 406 g/mol. The quantitative estimate of drug-likeness (QED) is 0.271. The number of aliphatic carboxylic acids is 1. The van der Waals surface area contributed by atoms with Gasteiger partial charge in [0.15, 0.2) is 0 Å². The summed E-state index contributed by atoms with van der Waals surface area (Å²) in [6.07, 6.45) is 11.7. The van der Waals surface area contributed by atoms with Gasteiger partial charge in [0.1, 0.15) is 18.3 Å². The number of hydrogen-bond acceptors (Lipinski definition) is 5. The SMILES string of the molecule is CC(C)C1=C[C@H]2C[C@]3(C=O)[C@@H]4CC[C@@H](C)[C@H]4C[C@@]2(C=NOCC2CCCCO2)[C@]13C(=O)O. The van der Waals surface area contributed by atoms with Gasteiger partial charge in [-0.1, -0.05) is 44.0 Å². The topological polar surface area (TPSA) is 85.2 Å². The predicted molar refractivity (Wildman–Crippen MR) is 120 cm³/mol. The van der Waals surface area contributed by atoms with Crippen molar-refractivity contribution in [1.82, 2.24) is 0 Å². The van der Waals surface area contributed by atoms with E-state index < -0.39 is 22.2 Å². The van der Waals surface area contributed by atoms with Crippen LogP contribution in [-0.4, -0.2) is 42.9 Å². The summed E-state index contributed by atoms with van der Waals surface area (Å²) < 4.78 is 5.75. The van der Waals surface area contributed by atoms with Crippen molar-refractivity contribution in [2.45, 2.75) is 71.8 Å². The summed E-state index contributed by atoms with van der Waals surface area (Å²) in [6.45, 7) is 7.53. The third-order valence-corrected chi connectivity index (χ3v) is 9.89. The molecule has 6 heteroatoms. The fraction of sp³-hybridized carbons (Fsp3) is 0.808. The largest absolute Gasteiger partial charge is 0.481 e. The van der Waals surface area contributed by atoms with Crippen LogP contribution in [-0.2, 0) is 19.2 Å². The smallest absolute Gasteiger partial charge is 0.315 e. The highest BCUT2D eigenvalue weighted by Gasteiger charge is 2.84. The lowest BCUT2D eigenvalue weighted by Crippen LogP contribution is -2.63. The fourth-order valence-electron chi connectivity index (χ4n) is 8.68. The second-order valence-electron chi connectivity index (χ2n) is 11.4. The zero-order valence-corrected chi connectivity index (χ0v) is 19.6. The number of carboxylic acid groups (broad SMARTS) is 1. The minimum absolute atomic E-state index is 0.0114. The second kappa shape index (κ2) is 7.68. The third kappa shape index (κ3) is 2.59. The average molecular weight is 444 g/mol. The van der Waals surface area contributed by atoms with Gasteiger partial charge in [0.25, 0.3) is 0 Å². The van der Waals surface area contributed by atoms with Gasteiger partial charge in [0, 0.05) is 12.0 Å². The number of carboxylic acids is 1. The maximum Gasteiger partial charge on any atom is 0.315 e. The monoisotopic (exact) mass is 443 g/mol. The minimum atomic E-state index is -1.22. The third-order valence-electron chi connectivity index (χ3n) is 9.89. The Hall–Kier alpha value is -1.69. The molecule has 1 saturated heterocycles. The van der Waals surface area contributed by atoms with Gasteiger partial charge in [-0.05, 0) is 68.1 Å². The van der Waals surface area contributed by atoms with E-state index in [1.54, 1.807) is 0 Å². The molecule has 5 aliphatic rings. The Balaban J connectivity index is 1.56. The first-order valence-corrected chi connectivity index (χ1v) is 12.5. The van der Waals surface area contributed by atoms with E-state index in [0.717, 1.165) is 57.0 Å². The number of nitrogens with zero attached hydrogens (tertiary/aromatic N) is 1. The summed E-state index contributed by atoms with van der Waals surface area (Å²) in [7, 11) is 0. The molecule has 0 amide bonds. The standard InChI is InChI=1S/C26H37NO5/c1-16(2)22-10-18-11-25(15-28)21-8-7-17(3)20(21)12-24(18,26(22,25)23(29)30)14-27-32-13-19-6-4-5-9-31-19/h10,14-21H,4-9,11-13H2,1-3H3,(H,29,30)/t17-,18+,19?,20-,21-,24+,25+,26-/m1/s1. The van der Waals surface area contributed by atoms with Crippen LogP contribution < -0.4 is 0 Å². The number of oxime groups is 1. The Morgan fingerprint density at radius 3 is 2.75 bits per heavy atom. The average Bonchev–Trinajstić information content (AvgIpc) is 3.35. The molecule has 4 aliphatic carbocycles. The summed E-state index contributed by atoms with van der Waals surface area (Å²) >= 11 is 0. The number of fused-ring (bicyclic) bond motifs is 2. The van der Waals surface area contributed by atoms with E-state index in [0.29, 0.717) is 24.9 Å². The van der Waals surface area contributed by atoms with Crippen molar-refractivity contribution < 1.29 is 24.3 Å². The van der Waals surface area contributed by atoms with Crippen molar-refractivity contribution in [3.8, 4) is 0 Å². The van der Waals surface area contributed by atoms with Crippen molar-refractivity contribution in [2.75, 3.05) is 13.2 Å². The van der Waals surface area contributed by atoms with E-state index in [1.165, 1.54) is 0 Å². The number of allylic oxidation sites excluding steroid dienone is 1. The van der Waals surface area contributed by atoms with Gasteiger partial charge in [0.2, 0.25) is 0 Å². The molecule has 3 saturated carbocycles. The number of rotatable bonds is 7. The van der Waals surface area contributed by atoms with E-state index in [1.807, 2.05) is 6.21 Å². The molecule has 8 atom stereocenters. The van der Waals surface area contributed by atoms with Gasteiger partial charge >= 0.3 is 5.97 Å². The normalized spacial score (nSPS) is 47.0. The molecule has 6 nitrogen and oxygen atoms in total. The van der Waals surface area contributed by atoms with Crippen LogP contribution in [0.4, 0.5) is 0 Å². The van der Waals surface area contributed by atoms with Crippen LogP contribution in [0.5, 0.6) is 0 Å². The van der Waals surface area contributed by atoms with E-state index in [2.05, 4.69) is 32.0 Å². The summed E-state index contributed by atoms with van der Waals surface area (Å²) in [6, 6.07) is 0. The predicted octanol–water partition coefficient (Wildman–Crippen LogP) is 4.48. The molecular formula is C26H37NO5. The van der Waals surface area contributed by atoms with Crippen LogP contribution in [0.15, 0.2) is 16.8 Å². The Labute approximate surface area is 190 Å². The lowest BCUT2D eigenvalue weighted by atomic mass is 9.43. The molecule has 0 spiro atoms. The van der Waals surface area contributed by atoms with E-state index in [4.69, 9.17) is 9.57 Å². The fourth-order valence-corrected chi connectivity index (χ4v) is 8.68. The first-order valence-electron chi connectivity index (χ1n) is 12.5. The summed E-state index contributed by atoms with van der Waals surface area (Å²) in [5.74, 6) is 0.203. The number of aldehydes is 1. The van der Waals surface area contributed by atoms with Crippen LogP contribution in [0.2, 0.25) is 0 Å². The van der Waals surface area contributed by atoms with Gasteiger partial charge in [-0.25, -0.2) is 0 Å². The molecule has 4 bridgehead atoms. The molecule has 5 rings (SSSR count). The molecule has 1 aliphatic heterocycles. The van der Waals surface area contributed by atoms with E-state index in [9.17, 15) is 14.7 Å². The van der Waals surface area contributed by atoms with Gasteiger partial charge in [0.05, 0.1) is 17.7 Å². The minimum Gasteiger partial charge on any atom is -0.481 e. The molecule has 1 heterocycles. The molecule has 0 aromatic heterocycles. The Morgan fingerprint density at radius 1 is 1.28 bits per heavy atom. The van der Waals surface area contributed by atoms with Crippen LogP contribution >= 0.6 is 0 Å². The zero-order valence-electron chi connectivity index (χ0n) is 19.6. The van der Waals surface area contributed by atoms with Gasteiger partial charge in [-0.2, -0.15) is 0 Å². The molecule has 4 fully saturated rings. The molecule has 176 valence electrons. The highest BCUT2D eigenvalue weighted by atomic mass is 16.6. The number of carbonyl (C=O) groups is 2. The Kier molecular flexibility index (Phi) is 5.31. The highest BCUT2D eigenvalue weighted by Crippen LogP contribution is 2.82. The molecule has 1 N–H and O–H groups in total. The van der Waals surface area contributed by atoms with Crippen LogP contribution in [0.25, 0.3) is 0 Å². The zero-order chi connectivity index (χ0) is 22.7. The van der Waals surface area contributed by atoms with Crippen molar-refractivity contribution in [2.24, 2.45) is 51.0 Å². The van der Waals surface area contributed by atoms with Crippen LogP contribution in [0.1, 0.15) is 65.7 Å². The van der Waals surface area contributed by atoms with Gasteiger partial charge in [-0.15, -0.1) is 0 Å². The van der Waals surface area contributed by atoms with Gasteiger partial charge in [-0.3, -0.25) is 4.79 Å². The molecule has 1 unspecified atom stereocenters. The molecule has 0 radical (unpaired) electrons. The maximum atomic E-state index is 13.3. The summed E-state index contributed by atoms with van der Waals surface area (Å²) in [4.78, 5) is 32.0. The summed E-state index contributed by atoms with van der Waals surface area (Å²) in [5, 5.41) is 15.3. The van der Waals surface area contributed by atoms with Gasteiger partial charge < -0.3 is 19.5 Å². The number of carbonyl (C=O) groups excluding carboxylic acids is 1. The van der Waals surface area contributed by atoms with Crippen LogP contribution in [0, 0.1) is 45.8 Å². The first-order chi connectivity index (χ1) is 15.3. The lowest BCUT2D eigenvalue weighted by molar-refractivity contribution is -0.173. The number of hydrogen-bond donors (Lipinski definition) is 1. The van der Waals surface area contributed by atoms with Crippen molar-refractivity contribution in [1.29, 1.82) is 0 Å². The van der Waals surface area contributed by atoms with E-state index in [-0.39, 0.29) is 23.9 Å². The Bertz CT molecular complexity index is 845. The summed E-state index contributed by atoms with van der Waals surface area (Å²) in [5.41, 5.74) is -1.86. The molecule has 0 aromatic rings. The number of ether oxygens (including phenoxy) is 1. The lowest BCUT2D eigenvalue weighted by Gasteiger charge is -2.57. The second-order valence-corrected chi connectivity index (χ2v) is 11.4. The van der Waals surface area contributed by atoms with Crippen molar-refractivity contribution >= 4 is 18.5 Å². The van der Waals surface area contributed by atoms with Crippen molar-refractivity contribution in [3.05, 3.63) is 11.6 Å².